The van der Waals surface area contributed by atoms with E-state index < -0.39 is 6.04 Å². The van der Waals surface area contributed by atoms with Crippen LogP contribution in [0.25, 0.3) is 10.4 Å². The monoisotopic (exact) mass is 187 g/mol. The first-order valence-electron chi connectivity index (χ1n) is 4.49. The Bertz CT molecular complexity index is 421. The summed E-state index contributed by atoms with van der Waals surface area (Å²) in [5.74, 6) is -0.0512. The van der Waals surface area contributed by atoms with Crippen molar-refractivity contribution in [1.82, 2.24) is 0 Å². The second kappa shape index (κ2) is 3.52. The SMILES string of the molecule is [N-]=[N+]=NC1CCc2ccccc2C1=O. The minimum Gasteiger partial charge on any atom is -0.294 e. The Hall–Kier alpha value is -1.80. The summed E-state index contributed by atoms with van der Waals surface area (Å²) in [4.78, 5) is 14.4. The second-order valence-corrected chi connectivity index (χ2v) is 3.28. The summed E-state index contributed by atoms with van der Waals surface area (Å²) in [5, 5.41) is 3.49. The Labute approximate surface area is 81.2 Å². The van der Waals surface area contributed by atoms with Gasteiger partial charge in [0.25, 0.3) is 0 Å². The van der Waals surface area contributed by atoms with Gasteiger partial charge in [-0.1, -0.05) is 29.4 Å². The highest BCUT2D eigenvalue weighted by atomic mass is 16.1. The molecule has 0 bridgehead atoms. The predicted molar refractivity (Wildman–Crippen MR) is 52.0 cm³/mol. The molecule has 14 heavy (non-hydrogen) atoms. The molecule has 0 saturated carbocycles. The van der Waals surface area contributed by atoms with Crippen LogP contribution >= 0.6 is 0 Å². The number of carbonyl (C=O) groups excluding carboxylic acids is 1. The van der Waals surface area contributed by atoms with E-state index in [0.29, 0.717) is 12.0 Å². The molecule has 0 spiro atoms. The molecule has 1 aliphatic carbocycles. The summed E-state index contributed by atoms with van der Waals surface area (Å²) in [6.45, 7) is 0. The Morgan fingerprint density at radius 2 is 2.21 bits per heavy atom. The number of fused-ring (bicyclic) bond motifs is 1. The summed E-state index contributed by atoms with van der Waals surface area (Å²) in [7, 11) is 0. The van der Waals surface area contributed by atoms with Gasteiger partial charge < -0.3 is 0 Å². The van der Waals surface area contributed by atoms with Crippen molar-refractivity contribution in [2.24, 2.45) is 5.11 Å². The van der Waals surface area contributed by atoms with Crippen molar-refractivity contribution in [1.29, 1.82) is 0 Å². The quantitative estimate of drug-likeness (QED) is 0.378. The molecule has 0 saturated heterocycles. The predicted octanol–water partition coefficient (Wildman–Crippen LogP) is 2.49. The van der Waals surface area contributed by atoms with Crippen LogP contribution in [0.15, 0.2) is 29.4 Å². The van der Waals surface area contributed by atoms with Gasteiger partial charge in [0.2, 0.25) is 0 Å². The third-order valence-corrected chi connectivity index (χ3v) is 2.46. The fourth-order valence-corrected chi connectivity index (χ4v) is 1.75. The molecule has 0 fully saturated rings. The molecule has 1 unspecified atom stereocenters. The van der Waals surface area contributed by atoms with E-state index in [0.717, 1.165) is 12.0 Å². The minimum atomic E-state index is -0.505. The maximum atomic E-state index is 11.7. The normalized spacial score (nSPS) is 19.7. The van der Waals surface area contributed by atoms with Gasteiger partial charge in [-0.2, -0.15) is 0 Å². The molecule has 1 aromatic carbocycles. The number of benzene rings is 1. The molecular formula is C10H9N3O. The van der Waals surface area contributed by atoms with Crippen molar-refractivity contribution in [2.45, 2.75) is 18.9 Å². The third kappa shape index (κ3) is 1.36. The van der Waals surface area contributed by atoms with Crippen LogP contribution in [-0.2, 0) is 6.42 Å². The summed E-state index contributed by atoms with van der Waals surface area (Å²) < 4.78 is 0. The first kappa shape index (κ1) is 8.78. The van der Waals surface area contributed by atoms with E-state index in [2.05, 4.69) is 10.0 Å². The van der Waals surface area contributed by atoms with Gasteiger partial charge in [-0.25, -0.2) is 0 Å². The van der Waals surface area contributed by atoms with Gasteiger partial charge in [0.1, 0.15) is 6.04 Å². The molecule has 0 amide bonds. The van der Waals surface area contributed by atoms with E-state index in [1.807, 2.05) is 18.2 Å². The highest BCUT2D eigenvalue weighted by Gasteiger charge is 2.25. The molecular weight excluding hydrogens is 178 g/mol. The molecule has 1 atom stereocenters. The van der Waals surface area contributed by atoms with E-state index in [1.54, 1.807) is 6.07 Å². The zero-order chi connectivity index (χ0) is 9.97. The van der Waals surface area contributed by atoms with Crippen molar-refractivity contribution < 1.29 is 4.79 Å². The molecule has 2 rings (SSSR count). The van der Waals surface area contributed by atoms with Crippen molar-refractivity contribution >= 4 is 5.78 Å². The number of ketones is 1. The highest BCUT2D eigenvalue weighted by Crippen LogP contribution is 2.22. The highest BCUT2D eigenvalue weighted by molar-refractivity contribution is 6.02. The summed E-state index contributed by atoms with van der Waals surface area (Å²) in [6.07, 6.45) is 1.44. The van der Waals surface area contributed by atoms with E-state index in [9.17, 15) is 4.79 Å². The number of Topliss-reactive ketones (excluding diaryl/α,β-unsaturated/α-hetero) is 1. The largest absolute Gasteiger partial charge is 0.294 e. The number of carbonyl (C=O) groups is 1. The van der Waals surface area contributed by atoms with Crippen LogP contribution in [0.4, 0.5) is 0 Å². The van der Waals surface area contributed by atoms with E-state index >= 15 is 0 Å². The van der Waals surface area contributed by atoms with E-state index in [4.69, 9.17) is 5.53 Å². The van der Waals surface area contributed by atoms with Gasteiger partial charge in [-0.05, 0) is 23.9 Å². The zero-order valence-corrected chi connectivity index (χ0v) is 7.55. The van der Waals surface area contributed by atoms with Crippen LogP contribution in [0.3, 0.4) is 0 Å². The van der Waals surface area contributed by atoms with Gasteiger partial charge in [0.05, 0.1) is 0 Å². The van der Waals surface area contributed by atoms with Crippen molar-refractivity contribution in [3.63, 3.8) is 0 Å². The molecule has 4 heteroatoms. The topological polar surface area (TPSA) is 65.8 Å². The maximum absolute atomic E-state index is 11.7. The fourth-order valence-electron chi connectivity index (χ4n) is 1.75. The van der Waals surface area contributed by atoms with Crippen molar-refractivity contribution in [2.75, 3.05) is 0 Å². The lowest BCUT2D eigenvalue weighted by Crippen LogP contribution is -2.25. The summed E-state index contributed by atoms with van der Waals surface area (Å²) in [6, 6.07) is 6.97. The Morgan fingerprint density at radius 1 is 1.43 bits per heavy atom. The maximum Gasteiger partial charge on any atom is 0.172 e. The molecule has 0 heterocycles. The van der Waals surface area contributed by atoms with Gasteiger partial charge >= 0.3 is 0 Å². The van der Waals surface area contributed by atoms with Crippen molar-refractivity contribution in [3.05, 3.63) is 45.8 Å². The lowest BCUT2D eigenvalue weighted by molar-refractivity contribution is 0.0949. The number of nitrogens with zero attached hydrogens (tertiary/aromatic N) is 3. The van der Waals surface area contributed by atoms with Crippen LogP contribution in [0.2, 0.25) is 0 Å². The Balaban J connectivity index is 2.41. The average molecular weight is 187 g/mol. The second-order valence-electron chi connectivity index (χ2n) is 3.28. The average Bonchev–Trinajstić information content (AvgIpc) is 2.23. The van der Waals surface area contributed by atoms with Crippen LogP contribution < -0.4 is 0 Å². The first-order chi connectivity index (χ1) is 6.83. The summed E-state index contributed by atoms with van der Waals surface area (Å²) in [5.41, 5.74) is 10.1. The van der Waals surface area contributed by atoms with E-state index in [1.165, 1.54) is 0 Å². The number of hydrogen-bond acceptors (Lipinski definition) is 2. The molecule has 0 N–H and O–H groups in total. The summed E-state index contributed by atoms with van der Waals surface area (Å²) >= 11 is 0. The molecule has 0 aliphatic heterocycles. The van der Waals surface area contributed by atoms with Gasteiger partial charge in [-0.3, -0.25) is 4.79 Å². The van der Waals surface area contributed by atoms with Crippen LogP contribution in [0.1, 0.15) is 22.3 Å². The fraction of sp³-hybridized carbons (Fsp3) is 0.300. The molecule has 70 valence electrons. The number of azide groups is 1. The van der Waals surface area contributed by atoms with Crippen molar-refractivity contribution in [3.8, 4) is 0 Å². The molecule has 1 aromatic rings. The standard InChI is InChI=1S/C10H9N3O/c11-13-12-9-6-5-7-3-1-2-4-8(7)10(9)14/h1-4,9H,5-6H2. The van der Waals surface area contributed by atoms with Gasteiger partial charge in [0.15, 0.2) is 5.78 Å². The Morgan fingerprint density at radius 3 is 3.00 bits per heavy atom. The number of hydrogen-bond donors (Lipinski definition) is 0. The molecule has 4 nitrogen and oxygen atoms in total. The number of aryl methyl sites for hydroxylation is 1. The molecule has 1 aliphatic rings. The first-order valence-corrected chi connectivity index (χ1v) is 4.49. The third-order valence-electron chi connectivity index (χ3n) is 2.46. The zero-order valence-electron chi connectivity index (χ0n) is 7.55. The van der Waals surface area contributed by atoms with Gasteiger partial charge in [-0.15, -0.1) is 0 Å². The lowest BCUT2D eigenvalue weighted by Gasteiger charge is -2.19. The minimum absolute atomic E-state index is 0.0512. The van der Waals surface area contributed by atoms with Crippen LogP contribution in [0.5, 0.6) is 0 Å². The Kier molecular flexibility index (Phi) is 2.21. The number of rotatable bonds is 1. The van der Waals surface area contributed by atoms with Crippen LogP contribution in [-0.4, -0.2) is 11.8 Å². The van der Waals surface area contributed by atoms with Gasteiger partial charge in [0, 0.05) is 10.5 Å². The smallest absolute Gasteiger partial charge is 0.172 e. The molecule has 0 aromatic heterocycles. The molecule has 0 radical (unpaired) electrons. The van der Waals surface area contributed by atoms with Crippen LogP contribution in [0, 0.1) is 0 Å². The lowest BCUT2D eigenvalue weighted by atomic mass is 9.88. The van der Waals surface area contributed by atoms with E-state index in [-0.39, 0.29) is 5.78 Å².